The van der Waals surface area contributed by atoms with E-state index in [1.807, 2.05) is 18.2 Å². The van der Waals surface area contributed by atoms with Crippen molar-refractivity contribution in [1.82, 2.24) is 0 Å². The Morgan fingerprint density at radius 1 is 1.37 bits per heavy atom. The minimum Gasteiger partial charge on any atom is -0.381 e. The highest BCUT2D eigenvalue weighted by atomic mass is 79.9. The summed E-state index contributed by atoms with van der Waals surface area (Å²) < 4.78 is 12.5. The average Bonchev–Trinajstić information content (AvgIpc) is 2.82. The highest BCUT2D eigenvalue weighted by molar-refractivity contribution is 9.10. The van der Waals surface area contributed by atoms with Crippen molar-refractivity contribution in [2.45, 2.75) is 30.9 Å². The van der Waals surface area contributed by atoms with Crippen molar-refractivity contribution >= 4 is 33.2 Å². The van der Waals surface area contributed by atoms with Gasteiger partial charge in [-0.15, -0.1) is 0 Å². The van der Waals surface area contributed by atoms with Crippen molar-refractivity contribution in [3.8, 4) is 0 Å². The van der Waals surface area contributed by atoms with Crippen LogP contribution in [-0.2, 0) is 9.47 Å². The van der Waals surface area contributed by atoms with Gasteiger partial charge in [-0.3, -0.25) is 0 Å². The first-order valence-electron chi connectivity index (χ1n) is 6.60. The van der Waals surface area contributed by atoms with E-state index in [1.165, 1.54) is 0 Å². The number of anilines is 1. The molecule has 0 amide bonds. The highest BCUT2D eigenvalue weighted by Gasteiger charge is 2.41. The van der Waals surface area contributed by atoms with E-state index in [0.29, 0.717) is 6.04 Å². The third kappa shape index (κ3) is 3.07. The van der Waals surface area contributed by atoms with Crippen molar-refractivity contribution in [1.29, 1.82) is 0 Å². The van der Waals surface area contributed by atoms with E-state index < -0.39 is 0 Å². The van der Waals surface area contributed by atoms with Crippen LogP contribution in [0.15, 0.2) is 22.7 Å². The smallest absolute Gasteiger partial charge is 0.0956 e. The fourth-order valence-electron chi connectivity index (χ4n) is 2.84. The van der Waals surface area contributed by atoms with Crippen LogP contribution >= 0.6 is 27.5 Å². The van der Waals surface area contributed by atoms with Gasteiger partial charge in [-0.25, -0.2) is 0 Å². The van der Waals surface area contributed by atoms with Crippen LogP contribution in [0.3, 0.4) is 0 Å². The molecule has 2 saturated heterocycles. The van der Waals surface area contributed by atoms with E-state index in [4.69, 9.17) is 21.1 Å². The quantitative estimate of drug-likeness (QED) is 0.882. The molecule has 2 aliphatic heterocycles. The summed E-state index contributed by atoms with van der Waals surface area (Å²) in [6.07, 6.45) is 3.01. The Labute approximate surface area is 126 Å². The molecule has 1 aromatic rings. The largest absolute Gasteiger partial charge is 0.381 e. The first-order chi connectivity index (χ1) is 9.17. The molecule has 2 unspecified atom stereocenters. The SMILES string of the molecule is Clc1ccc(Br)c(NC2CCOC3(CCOC3)C2)c1. The second-order valence-electron chi connectivity index (χ2n) is 5.29. The summed E-state index contributed by atoms with van der Waals surface area (Å²) in [5, 5.41) is 4.32. The number of rotatable bonds is 2. The Hall–Kier alpha value is -0.290. The van der Waals surface area contributed by atoms with Gasteiger partial charge < -0.3 is 14.8 Å². The topological polar surface area (TPSA) is 30.5 Å². The summed E-state index contributed by atoms with van der Waals surface area (Å²) in [6, 6.07) is 6.22. The van der Waals surface area contributed by atoms with Gasteiger partial charge in [0.2, 0.25) is 0 Å². The minimum atomic E-state index is -0.0685. The standard InChI is InChI=1S/C14H17BrClNO2/c15-12-2-1-10(16)7-13(12)17-11-3-5-19-14(8-11)4-6-18-9-14/h1-2,7,11,17H,3-6,8-9H2. The van der Waals surface area contributed by atoms with Gasteiger partial charge in [-0.05, 0) is 47.0 Å². The maximum absolute atomic E-state index is 6.05. The Morgan fingerprint density at radius 3 is 3.05 bits per heavy atom. The van der Waals surface area contributed by atoms with Gasteiger partial charge in [0.25, 0.3) is 0 Å². The van der Waals surface area contributed by atoms with Crippen LogP contribution in [0.2, 0.25) is 5.02 Å². The lowest BCUT2D eigenvalue weighted by molar-refractivity contribution is -0.0828. The fourth-order valence-corrected chi connectivity index (χ4v) is 3.38. The molecule has 0 aliphatic carbocycles. The summed E-state index contributed by atoms with van der Waals surface area (Å²) in [6.45, 7) is 2.33. The second kappa shape index (κ2) is 5.60. The van der Waals surface area contributed by atoms with Crippen LogP contribution in [0.4, 0.5) is 5.69 Å². The molecule has 0 bridgehead atoms. The zero-order valence-corrected chi connectivity index (χ0v) is 13.0. The summed E-state index contributed by atoms with van der Waals surface area (Å²) in [5.74, 6) is 0. The third-order valence-electron chi connectivity index (χ3n) is 3.85. The molecular weight excluding hydrogens is 330 g/mol. The maximum atomic E-state index is 6.05. The van der Waals surface area contributed by atoms with E-state index in [0.717, 1.165) is 54.3 Å². The number of hydrogen-bond donors (Lipinski definition) is 1. The molecular formula is C14H17BrClNO2. The van der Waals surface area contributed by atoms with Gasteiger partial charge >= 0.3 is 0 Å². The molecule has 2 fully saturated rings. The number of benzene rings is 1. The lowest BCUT2D eigenvalue weighted by Gasteiger charge is -2.37. The molecule has 3 rings (SSSR count). The van der Waals surface area contributed by atoms with Crippen LogP contribution in [-0.4, -0.2) is 31.5 Å². The molecule has 19 heavy (non-hydrogen) atoms. The molecule has 1 aromatic carbocycles. The normalized spacial score (nSPS) is 30.7. The van der Waals surface area contributed by atoms with Gasteiger partial charge in [-0.1, -0.05) is 11.6 Å². The van der Waals surface area contributed by atoms with Crippen molar-refractivity contribution in [2.75, 3.05) is 25.1 Å². The monoisotopic (exact) mass is 345 g/mol. The van der Waals surface area contributed by atoms with Crippen molar-refractivity contribution in [3.05, 3.63) is 27.7 Å². The Kier molecular flexibility index (Phi) is 4.03. The molecule has 0 radical (unpaired) electrons. The van der Waals surface area contributed by atoms with Gasteiger partial charge in [0.05, 0.1) is 17.9 Å². The molecule has 2 heterocycles. The molecule has 2 atom stereocenters. The summed E-state index contributed by atoms with van der Waals surface area (Å²) in [4.78, 5) is 0. The Bertz CT molecular complexity index is 463. The molecule has 1 N–H and O–H groups in total. The zero-order valence-electron chi connectivity index (χ0n) is 10.6. The van der Waals surface area contributed by atoms with Crippen LogP contribution in [0.5, 0.6) is 0 Å². The van der Waals surface area contributed by atoms with Crippen LogP contribution in [0.1, 0.15) is 19.3 Å². The minimum absolute atomic E-state index is 0.0685. The number of halogens is 2. The Morgan fingerprint density at radius 2 is 2.26 bits per heavy atom. The van der Waals surface area contributed by atoms with E-state index in [2.05, 4.69) is 21.2 Å². The van der Waals surface area contributed by atoms with Crippen molar-refractivity contribution in [2.24, 2.45) is 0 Å². The van der Waals surface area contributed by atoms with Crippen LogP contribution in [0, 0.1) is 0 Å². The maximum Gasteiger partial charge on any atom is 0.0956 e. The second-order valence-corrected chi connectivity index (χ2v) is 6.58. The lowest BCUT2D eigenvalue weighted by Crippen LogP contribution is -2.44. The fraction of sp³-hybridized carbons (Fsp3) is 0.571. The van der Waals surface area contributed by atoms with E-state index in [1.54, 1.807) is 0 Å². The van der Waals surface area contributed by atoms with Crippen molar-refractivity contribution < 1.29 is 9.47 Å². The third-order valence-corrected chi connectivity index (χ3v) is 4.77. The first-order valence-corrected chi connectivity index (χ1v) is 7.77. The van der Waals surface area contributed by atoms with Crippen molar-refractivity contribution in [3.63, 3.8) is 0 Å². The first kappa shape index (κ1) is 13.7. The van der Waals surface area contributed by atoms with Gasteiger partial charge in [-0.2, -0.15) is 0 Å². The number of ether oxygens (including phenoxy) is 2. The Balaban J connectivity index is 1.70. The van der Waals surface area contributed by atoms with Gasteiger partial charge in [0.15, 0.2) is 0 Å². The molecule has 104 valence electrons. The molecule has 2 aliphatic rings. The summed E-state index contributed by atoms with van der Waals surface area (Å²) in [5.41, 5.74) is 0.981. The van der Waals surface area contributed by atoms with Crippen LogP contribution in [0.25, 0.3) is 0 Å². The molecule has 1 spiro atoms. The molecule has 0 saturated carbocycles. The van der Waals surface area contributed by atoms with E-state index >= 15 is 0 Å². The van der Waals surface area contributed by atoms with Gasteiger partial charge in [0, 0.05) is 35.2 Å². The van der Waals surface area contributed by atoms with E-state index in [9.17, 15) is 0 Å². The predicted molar refractivity (Wildman–Crippen MR) is 79.9 cm³/mol. The predicted octanol–water partition coefficient (Wildman–Crippen LogP) is 3.85. The summed E-state index contributed by atoms with van der Waals surface area (Å²) >= 11 is 9.60. The molecule has 5 heteroatoms. The lowest BCUT2D eigenvalue weighted by atomic mass is 9.89. The zero-order chi connectivity index (χ0) is 13.3. The van der Waals surface area contributed by atoms with Gasteiger partial charge in [0.1, 0.15) is 0 Å². The molecule has 3 nitrogen and oxygen atoms in total. The van der Waals surface area contributed by atoms with Crippen LogP contribution < -0.4 is 5.32 Å². The highest BCUT2D eigenvalue weighted by Crippen LogP contribution is 2.35. The van der Waals surface area contributed by atoms with E-state index in [-0.39, 0.29) is 5.60 Å². The summed E-state index contributed by atoms with van der Waals surface area (Å²) in [7, 11) is 0. The molecule has 0 aromatic heterocycles. The average molecular weight is 347 g/mol. The number of nitrogens with one attached hydrogen (secondary N) is 1. The number of hydrogen-bond acceptors (Lipinski definition) is 3.